The lowest BCUT2D eigenvalue weighted by atomic mass is 10.1. The summed E-state index contributed by atoms with van der Waals surface area (Å²) in [4.78, 5) is 10.3. The molecule has 2 rings (SSSR count). The van der Waals surface area contributed by atoms with Gasteiger partial charge in [0.15, 0.2) is 0 Å². The van der Waals surface area contributed by atoms with Gasteiger partial charge in [-0.1, -0.05) is 70.0 Å². The van der Waals surface area contributed by atoms with Gasteiger partial charge in [-0.3, -0.25) is 0 Å². The van der Waals surface area contributed by atoms with E-state index in [0.717, 1.165) is 22.6 Å². The predicted molar refractivity (Wildman–Crippen MR) is 93.8 cm³/mol. The van der Waals surface area contributed by atoms with Crippen LogP contribution < -0.4 is 0 Å². The van der Waals surface area contributed by atoms with E-state index in [1.165, 1.54) is 11.1 Å². The van der Waals surface area contributed by atoms with Crippen molar-refractivity contribution in [1.29, 1.82) is 0 Å². The van der Waals surface area contributed by atoms with Crippen molar-refractivity contribution >= 4 is 11.4 Å². The molecule has 0 radical (unpaired) electrons. The molecule has 0 amide bonds. The Labute approximate surface area is 137 Å². The molecule has 0 saturated carbocycles. The van der Waals surface area contributed by atoms with E-state index in [-0.39, 0.29) is 6.79 Å². The van der Waals surface area contributed by atoms with Crippen LogP contribution >= 0.6 is 0 Å². The van der Waals surface area contributed by atoms with Crippen molar-refractivity contribution < 1.29 is 9.68 Å². The summed E-state index contributed by atoms with van der Waals surface area (Å²) in [5, 5.41) is 8.06. The fourth-order valence-electron chi connectivity index (χ4n) is 1.96. The van der Waals surface area contributed by atoms with Crippen molar-refractivity contribution in [3.63, 3.8) is 0 Å². The summed E-state index contributed by atoms with van der Waals surface area (Å²) in [6, 6.07) is 16.2. The summed E-state index contributed by atoms with van der Waals surface area (Å²) in [5.41, 5.74) is 6.07. The summed E-state index contributed by atoms with van der Waals surface area (Å²) in [6.07, 6.45) is 0. The fourth-order valence-corrected chi connectivity index (χ4v) is 1.96. The van der Waals surface area contributed by atoms with Gasteiger partial charge in [-0.05, 0) is 38.8 Å². The normalized spacial score (nSPS) is 12.2. The monoisotopic (exact) mass is 310 g/mol. The van der Waals surface area contributed by atoms with E-state index in [2.05, 4.69) is 24.2 Å². The Bertz CT molecular complexity index is 625. The van der Waals surface area contributed by atoms with Gasteiger partial charge in [-0.2, -0.15) is 0 Å². The van der Waals surface area contributed by atoms with Crippen molar-refractivity contribution in [2.24, 2.45) is 10.3 Å². The lowest BCUT2D eigenvalue weighted by molar-refractivity contribution is -0.0505. The molecule has 120 valence electrons. The number of rotatable bonds is 6. The zero-order chi connectivity index (χ0) is 16.7. The summed E-state index contributed by atoms with van der Waals surface area (Å²) in [7, 11) is 0. The second kappa shape index (κ2) is 8.13. The number of hydrogen-bond donors (Lipinski definition) is 0. The van der Waals surface area contributed by atoms with Crippen LogP contribution in [-0.2, 0) is 9.68 Å². The number of hydrogen-bond acceptors (Lipinski definition) is 4. The number of aryl methyl sites for hydroxylation is 2. The standard InChI is InChI=1S/C19H22N2O2/c1-14-5-9-18(10-6-14)16(3)20-22-13-23-21-17(4)19-11-7-15(2)8-12-19/h5-12H,13H2,1-4H3/b20-16+,21-17+. The number of oxime groups is 2. The molecule has 0 atom stereocenters. The van der Waals surface area contributed by atoms with Gasteiger partial charge in [0.05, 0.1) is 11.4 Å². The van der Waals surface area contributed by atoms with E-state index < -0.39 is 0 Å². The molecule has 0 aliphatic heterocycles. The molecule has 0 saturated heterocycles. The van der Waals surface area contributed by atoms with Crippen molar-refractivity contribution in [3.8, 4) is 0 Å². The molecule has 0 aromatic heterocycles. The predicted octanol–water partition coefficient (Wildman–Crippen LogP) is 4.44. The molecule has 0 fully saturated rings. The SMILES string of the molecule is C/C(=N\OCO/N=C(\C)c1ccc(C)cc1)c1ccc(C)cc1. The largest absolute Gasteiger partial charge is 0.352 e. The van der Waals surface area contributed by atoms with Crippen molar-refractivity contribution in [2.45, 2.75) is 27.7 Å². The molecule has 0 aliphatic carbocycles. The maximum atomic E-state index is 5.14. The van der Waals surface area contributed by atoms with Crippen LogP contribution in [-0.4, -0.2) is 18.2 Å². The summed E-state index contributed by atoms with van der Waals surface area (Å²) in [5.74, 6) is 0. The molecule has 4 nitrogen and oxygen atoms in total. The first-order valence-electron chi connectivity index (χ1n) is 7.53. The Morgan fingerprint density at radius 2 is 1.04 bits per heavy atom. The van der Waals surface area contributed by atoms with E-state index in [4.69, 9.17) is 9.68 Å². The molecule has 2 aromatic rings. The molecule has 2 aromatic carbocycles. The summed E-state index contributed by atoms with van der Waals surface area (Å²) < 4.78 is 0. The number of benzene rings is 2. The Kier molecular flexibility index (Phi) is 5.92. The fraction of sp³-hybridized carbons (Fsp3) is 0.263. The molecular formula is C19H22N2O2. The Morgan fingerprint density at radius 1 is 0.696 bits per heavy atom. The van der Waals surface area contributed by atoms with Gasteiger partial charge in [0, 0.05) is 0 Å². The van der Waals surface area contributed by atoms with E-state index in [1.54, 1.807) is 0 Å². The van der Waals surface area contributed by atoms with Crippen LogP contribution in [0.5, 0.6) is 0 Å². The van der Waals surface area contributed by atoms with Crippen molar-refractivity contribution in [3.05, 3.63) is 70.8 Å². The highest BCUT2D eigenvalue weighted by molar-refractivity contribution is 5.98. The molecule has 0 bridgehead atoms. The van der Waals surface area contributed by atoms with E-state index in [0.29, 0.717) is 0 Å². The first-order valence-corrected chi connectivity index (χ1v) is 7.53. The smallest absolute Gasteiger partial charge is 0.280 e. The molecule has 0 spiro atoms. The van der Waals surface area contributed by atoms with Gasteiger partial charge in [-0.15, -0.1) is 0 Å². The Morgan fingerprint density at radius 3 is 1.39 bits per heavy atom. The highest BCUT2D eigenvalue weighted by atomic mass is 16.8. The summed E-state index contributed by atoms with van der Waals surface area (Å²) >= 11 is 0. The third-order valence-corrected chi connectivity index (χ3v) is 3.45. The van der Waals surface area contributed by atoms with Gasteiger partial charge >= 0.3 is 0 Å². The Hall–Kier alpha value is -2.62. The van der Waals surface area contributed by atoms with Gasteiger partial charge in [0.1, 0.15) is 0 Å². The zero-order valence-corrected chi connectivity index (χ0v) is 14.0. The van der Waals surface area contributed by atoms with Crippen LogP contribution in [0.15, 0.2) is 58.8 Å². The van der Waals surface area contributed by atoms with Gasteiger partial charge < -0.3 is 9.68 Å². The molecule has 23 heavy (non-hydrogen) atoms. The quantitative estimate of drug-likeness (QED) is 0.342. The van der Waals surface area contributed by atoms with Crippen LogP contribution in [0.3, 0.4) is 0 Å². The Balaban J connectivity index is 1.82. The van der Waals surface area contributed by atoms with Gasteiger partial charge in [0.25, 0.3) is 6.79 Å². The second-order valence-corrected chi connectivity index (χ2v) is 5.46. The van der Waals surface area contributed by atoms with Crippen LogP contribution in [0.2, 0.25) is 0 Å². The molecule has 0 unspecified atom stereocenters. The minimum Gasteiger partial charge on any atom is -0.352 e. The maximum absolute atomic E-state index is 5.14. The van der Waals surface area contributed by atoms with E-state index in [9.17, 15) is 0 Å². The van der Waals surface area contributed by atoms with E-state index in [1.807, 2.05) is 62.4 Å². The topological polar surface area (TPSA) is 43.2 Å². The van der Waals surface area contributed by atoms with Crippen LogP contribution in [0.1, 0.15) is 36.1 Å². The van der Waals surface area contributed by atoms with E-state index >= 15 is 0 Å². The lowest BCUT2D eigenvalue weighted by Gasteiger charge is -2.04. The summed E-state index contributed by atoms with van der Waals surface area (Å²) in [6.45, 7) is 7.87. The molecule has 0 N–H and O–H groups in total. The van der Waals surface area contributed by atoms with Gasteiger partial charge in [-0.25, -0.2) is 0 Å². The average Bonchev–Trinajstić information content (AvgIpc) is 2.55. The molecule has 4 heteroatoms. The minimum atomic E-state index is -0.0214. The zero-order valence-electron chi connectivity index (χ0n) is 14.0. The molecule has 0 heterocycles. The third kappa shape index (κ3) is 5.25. The highest BCUT2D eigenvalue weighted by Crippen LogP contribution is 2.06. The molecular weight excluding hydrogens is 288 g/mol. The van der Waals surface area contributed by atoms with Gasteiger partial charge in [0.2, 0.25) is 0 Å². The van der Waals surface area contributed by atoms with Crippen LogP contribution in [0.25, 0.3) is 0 Å². The van der Waals surface area contributed by atoms with Crippen molar-refractivity contribution in [1.82, 2.24) is 0 Å². The maximum Gasteiger partial charge on any atom is 0.280 e. The first-order chi connectivity index (χ1) is 11.1. The van der Waals surface area contributed by atoms with Crippen LogP contribution in [0.4, 0.5) is 0 Å². The third-order valence-electron chi connectivity index (χ3n) is 3.45. The number of nitrogens with zero attached hydrogens (tertiary/aromatic N) is 2. The highest BCUT2D eigenvalue weighted by Gasteiger charge is 1.99. The second-order valence-electron chi connectivity index (χ2n) is 5.46. The molecule has 0 aliphatic rings. The lowest BCUT2D eigenvalue weighted by Crippen LogP contribution is -2.00. The minimum absolute atomic E-state index is 0.0214. The first kappa shape index (κ1) is 16.7. The van der Waals surface area contributed by atoms with Crippen LogP contribution in [0, 0.1) is 13.8 Å². The van der Waals surface area contributed by atoms with Crippen molar-refractivity contribution in [2.75, 3.05) is 6.79 Å². The average molecular weight is 310 g/mol.